The summed E-state index contributed by atoms with van der Waals surface area (Å²) < 4.78 is 7.44. The number of rotatable bonds is 8. The average molecular weight is 322 g/mol. The molecule has 0 aromatic carbocycles. The Morgan fingerprint density at radius 1 is 1.39 bits per heavy atom. The summed E-state index contributed by atoms with van der Waals surface area (Å²) in [7, 11) is 1.47. The van der Waals surface area contributed by atoms with Crippen molar-refractivity contribution >= 4 is 17.5 Å². The summed E-state index contributed by atoms with van der Waals surface area (Å²) in [6, 6.07) is 5.16. The molecule has 23 heavy (non-hydrogen) atoms. The van der Waals surface area contributed by atoms with Crippen molar-refractivity contribution in [3.8, 4) is 0 Å². The van der Waals surface area contributed by atoms with Crippen LogP contribution in [0.25, 0.3) is 5.65 Å². The number of fused-ring (bicyclic) bond motifs is 1. The van der Waals surface area contributed by atoms with Crippen LogP contribution >= 0.6 is 0 Å². The number of methoxy groups -OCH3 is 1. The van der Waals surface area contributed by atoms with Gasteiger partial charge in [0.1, 0.15) is 6.54 Å². The molecule has 2 rings (SSSR count). The van der Waals surface area contributed by atoms with Crippen LogP contribution in [-0.2, 0) is 20.9 Å². The van der Waals surface area contributed by atoms with Crippen LogP contribution in [0.1, 0.15) is 6.42 Å². The Morgan fingerprint density at radius 3 is 2.83 bits per heavy atom. The largest absolute Gasteiger partial charge is 0.480 e. The predicted octanol–water partition coefficient (Wildman–Crippen LogP) is -0.554. The van der Waals surface area contributed by atoms with E-state index < -0.39 is 12.5 Å². The third-order valence-corrected chi connectivity index (χ3v) is 3.27. The van der Waals surface area contributed by atoms with Gasteiger partial charge in [0.05, 0.1) is 13.2 Å². The highest BCUT2D eigenvalue weighted by Crippen LogP contribution is 1.99. The lowest BCUT2D eigenvalue weighted by atomic mass is 10.3. The highest BCUT2D eigenvalue weighted by atomic mass is 16.5. The lowest BCUT2D eigenvalue weighted by Crippen LogP contribution is -2.38. The summed E-state index contributed by atoms with van der Waals surface area (Å²) >= 11 is 0. The van der Waals surface area contributed by atoms with Gasteiger partial charge in [-0.05, 0) is 12.1 Å². The Morgan fingerprint density at radius 2 is 2.17 bits per heavy atom. The van der Waals surface area contributed by atoms with E-state index in [2.05, 4.69) is 5.10 Å². The number of carboxylic acids is 1. The first kappa shape index (κ1) is 16.7. The maximum Gasteiger partial charge on any atom is 0.350 e. The molecule has 0 fully saturated rings. The van der Waals surface area contributed by atoms with E-state index in [-0.39, 0.29) is 37.7 Å². The van der Waals surface area contributed by atoms with E-state index in [0.29, 0.717) is 5.65 Å². The third kappa shape index (κ3) is 4.16. The van der Waals surface area contributed by atoms with Crippen molar-refractivity contribution in [2.45, 2.75) is 13.0 Å². The van der Waals surface area contributed by atoms with Crippen molar-refractivity contribution in [2.75, 3.05) is 26.8 Å². The Bertz CT molecular complexity index is 751. The summed E-state index contributed by atoms with van der Waals surface area (Å²) in [5.74, 6) is -1.47. The number of pyridine rings is 1. The van der Waals surface area contributed by atoms with Crippen LogP contribution in [0.4, 0.5) is 0 Å². The molecule has 0 atom stereocenters. The predicted molar refractivity (Wildman–Crippen MR) is 80.2 cm³/mol. The number of carbonyl (C=O) groups is 2. The van der Waals surface area contributed by atoms with Crippen LogP contribution in [-0.4, -0.2) is 62.9 Å². The number of aliphatic carboxylic acids is 1. The number of carbonyl (C=O) groups excluding carboxylic acids is 1. The topological polar surface area (TPSA) is 106 Å². The van der Waals surface area contributed by atoms with Gasteiger partial charge in [-0.15, -0.1) is 5.10 Å². The second-order valence-electron chi connectivity index (χ2n) is 4.89. The number of ether oxygens (including phenoxy) is 1. The minimum Gasteiger partial charge on any atom is -0.480 e. The van der Waals surface area contributed by atoms with Crippen LogP contribution in [0.5, 0.6) is 0 Å². The number of amides is 1. The molecule has 0 unspecified atom stereocenters. The first-order valence-corrected chi connectivity index (χ1v) is 7.05. The van der Waals surface area contributed by atoms with Gasteiger partial charge in [0, 0.05) is 26.3 Å². The van der Waals surface area contributed by atoms with Crippen molar-refractivity contribution in [3.63, 3.8) is 0 Å². The van der Waals surface area contributed by atoms with Gasteiger partial charge in [-0.3, -0.25) is 14.0 Å². The standard InChI is InChI=1S/C14H18N4O5/c1-23-9-8-16(10-13(20)21)12(19)5-7-18-14(22)17-6-3-2-4-11(17)15-18/h2-4,6H,5,7-10H2,1H3,(H,20,21). The van der Waals surface area contributed by atoms with Crippen LogP contribution in [0.2, 0.25) is 0 Å². The molecule has 2 heterocycles. The van der Waals surface area contributed by atoms with Gasteiger partial charge in [0.25, 0.3) is 0 Å². The number of aryl methyl sites for hydroxylation is 1. The molecule has 0 bridgehead atoms. The van der Waals surface area contributed by atoms with Crippen LogP contribution in [0, 0.1) is 0 Å². The number of nitrogens with zero attached hydrogens (tertiary/aromatic N) is 4. The molecule has 0 aliphatic rings. The molecule has 0 radical (unpaired) electrons. The van der Waals surface area contributed by atoms with Crippen molar-refractivity contribution in [1.29, 1.82) is 0 Å². The summed E-state index contributed by atoms with van der Waals surface area (Å²) in [6.07, 6.45) is 1.58. The van der Waals surface area contributed by atoms with Gasteiger partial charge in [0.2, 0.25) is 5.91 Å². The zero-order valence-corrected chi connectivity index (χ0v) is 12.7. The molecule has 0 spiro atoms. The summed E-state index contributed by atoms with van der Waals surface area (Å²) in [5.41, 5.74) is 0.154. The fraction of sp³-hybridized carbons (Fsp3) is 0.429. The first-order valence-electron chi connectivity index (χ1n) is 7.05. The Hall–Kier alpha value is -2.68. The van der Waals surface area contributed by atoms with E-state index in [0.717, 1.165) is 0 Å². The van der Waals surface area contributed by atoms with E-state index in [1.165, 1.54) is 21.1 Å². The molecule has 1 amide bonds. The van der Waals surface area contributed by atoms with E-state index in [1.54, 1.807) is 24.4 Å². The van der Waals surface area contributed by atoms with E-state index in [9.17, 15) is 14.4 Å². The van der Waals surface area contributed by atoms with Crippen LogP contribution in [0.3, 0.4) is 0 Å². The second kappa shape index (κ2) is 7.54. The van der Waals surface area contributed by atoms with Gasteiger partial charge in [0.15, 0.2) is 5.65 Å². The fourth-order valence-corrected chi connectivity index (χ4v) is 2.13. The normalized spacial score (nSPS) is 10.8. The Kier molecular flexibility index (Phi) is 5.47. The van der Waals surface area contributed by atoms with Gasteiger partial charge >= 0.3 is 11.7 Å². The third-order valence-electron chi connectivity index (χ3n) is 3.27. The van der Waals surface area contributed by atoms with Crippen molar-refractivity contribution < 1.29 is 19.4 Å². The smallest absolute Gasteiger partial charge is 0.350 e. The van der Waals surface area contributed by atoms with Gasteiger partial charge < -0.3 is 14.7 Å². The fourth-order valence-electron chi connectivity index (χ4n) is 2.13. The maximum absolute atomic E-state index is 12.1. The van der Waals surface area contributed by atoms with E-state index in [1.807, 2.05) is 0 Å². The molecule has 2 aromatic rings. The first-order chi connectivity index (χ1) is 11.0. The zero-order valence-electron chi connectivity index (χ0n) is 12.7. The Labute approximate surface area is 131 Å². The van der Waals surface area contributed by atoms with Crippen molar-refractivity contribution in [3.05, 3.63) is 34.9 Å². The summed E-state index contributed by atoms with van der Waals surface area (Å²) in [6.45, 7) is 0.111. The summed E-state index contributed by atoms with van der Waals surface area (Å²) in [4.78, 5) is 36.2. The molecule has 0 saturated heterocycles. The molecule has 1 N–H and O–H groups in total. The molecule has 0 aliphatic carbocycles. The lowest BCUT2D eigenvalue weighted by molar-refractivity contribution is -0.145. The number of hydrogen-bond acceptors (Lipinski definition) is 5. The average Bonchev–Trinajstić information content (AvgIpc) is 2.85. The minimum atomic E-state index is -1.10. The molecule has 124 valence electrons. The van der Waals surface area contributed by atoms with Crippen LogP contribution < -0.4 is 5.69 Å². The van der Waals surface area contributed by atoms with E-state index >= 15 is 0 Å². The molecule has 0 saturated carbocycles. The zero-order chi connectivity index (χ0) is 16.8. The molecule has 9 heteroatoms. The Balaban J connectivity index is 2.04. The molecular formula is C14H18N4O5. The minimum absolute atomic E-state index is 0.0131. The van der Waals surface area contributed by atoms with E-state index in [4.69, 9.17) is 9.84 Å². The van der Waals surface area contributed by atoms with Gasteiger partial charge in [-0.1, -0.05) is 6.07 Å². The number of carboxylic acid groups (broad SMARTS) is 1. The van der Waals surface area contributed by atoms with Gasteiger partial charge in [-0.25, -0.2) is 9.48 Å². The lowest BCUT2D eigenvalue weighted by Gasteiger charge is -2.20. The second-order valence-corrected chi connectivity index (χ2v) is 4.89. The van der Waals surface area contributed by atoms with Gasteiger partial charge in [-0.2, -0.15) is 0 Å². The molecule has 2 aromatic heterocycles. The molecule has 0 aliphatic heterocycles. The highest BCUT2D eigenvalue weighted by Gasteiger charge is 2.17. The molecular weight excluding hydrogens is 304 g/mol. The monoisotopic (exact) mass is 322 g/mol. The number of aromatic nitrogens is 3. The van der Waals surface area contributed by atoms with Crippen molar-refractivity contribution in [2.24, 2.45) is 0 Å². The molecule has 9 nitrogen and oxygen atoms in total. The maximum atomic E-state index is 12.1. The quantitative estimate of drug-likeness (QED) is 0.699. The number of hydrogen-bond donors (Lipinski definition) is 1. The van der Waals surface area contributed by atoms with Crippen molar-refractivity contribution in [1.82, 2.24) is 19.1 Å². The summed E-state index contributed by atoms with van der Waals surface area (Å²) in [5, 5.41) is 13.0. The SMILES string of the molecule is COCCN(CC(=O)O)C(=O)CCn1nc2ccccn2c1=O. The van der Waals surface area contributed by atoms with Crippen LogP contribution in [0.15, 0.2) is 29.2 Å². The highest BCUT2D eigenvalue weighted by molar-refractivity contribution is 5.81.